The lowest BCUT2D eigenvalue weighted by Crippen LogP contribution is -2.42. The molecule has 0 aliphatic carbocycles. The van der Waals surface area contributed by atoms with Crippen LogP contribution < -0.4 is 4.74 Å². The summed E-state index contributed by atoms with van der Waals surface area (Å²) < 4.78 is 29.9. The summed E-state index contributed by atoms with van der Waals surface area (Å²) in [5.74, 6) is 0.711. The van der Waals surface area contributed by atoms with Gasteiger partial charge in [0.15, 0.2) is 0 Å². The first kappa shape index (κ1) is 18.7. The zero-order valence-corrected chi connectivity index (χ0v) is 15.6. The fraction of sp³-hybridized carbons (Fsp3) is 0.588. The van der Waals surface area contributed by atoms with E-state index in [1.165, 1.54) is 10.6 Å². The van der Waals surface area contributed by atoms with Gasteiger partial charge in [0.05, 0.1) is 13.4 Å². The van der Waals surface area contributed by atoms with Crippen LogP contribution in [0.3, 0.4) is 0 Å². The molecule has 0 saturated carbocycles. The molecule has 0 radical (unpaired) electrons. The van der Waals surface area contributed by atoms with Crippen molar-refractivity contribution in [3.05, 3.63) is 29.3 Å². The molecule has 1 heterocycles. The Morgan fingerprint density at radius 2 is 1.96 bits per heavy atom. The molecule has 0 atom stereocenters. The van der Waals surface area contributed by atoms with Crippen LogP contribution in [0, 0.1) is 12.8 Å². The first-order valence-electron chi connectivity index (χ1n) is 8.06. The van der Waals surface area contributed by atoms with E-state index in [4.69, 9.17) is 4.74 Å². The molecule has 0 bridgehead atoms. The maximum absolute atomic E-state index is 12.7. The normalized spacial score (nSPS) is 16.8. The van der Waals surface area contributed by atoms with Crippen LogP contribution in [-0.2, 0) is 21.4 Å². The van der Waals surface area contributed by atoms with E-state index < -0.39 is 10.0 Å². The number of amides is 1. The Bertz CT molecular complexity index is 695. The second-order valence-corrected chi connectivity index (χ2v) is 8.43. The Morgan fingerprint density at radius 1 is 1.33 bits per heavy atom. The third-order valence-corrected chi connectivity index (χ3v) is 5.80. The molecule has 1 amide bonds. The molecule has 0 spiro atoms. The van der Waals surface area contributed by atoms with Crippen LogP contribution in [0.2, 0.25) is 0 Å². The Balaban J connectivity index is 2.00. The summed E-state index contributed by atoms with van der Waals surface area (Å²) in [5, 5.41) is 0. The Hall–Kier alpha value is -1.60. The van der Waals surface area contributed by atoms with Crippen molar-refractivity contribution < 1.29 is 17.9 Å². The molecular weight excluding hydrogens is 328 g/mol. The van der Waals surface area contributed by atoms with Crippen molar-refractivity contribution in [2.45, 2.75) is 26.3 Å². The molecule has 0 aromatic heterocycles. The summed E-state index contributed by atoms with van der Waals surface area (Å²) in [7, 11) is 0.241. The summed E-state index contributed by atoms with van der Waals surface area (Å²) in [6, 6.07) is 5.91. The fourth-order valence-electron chi connectivity index (χ4n) is 3.11. The SMILES string of the molecule is COc1ccc(C)cc1CN(C)C(=O)C1CCN(S(C)(=O)=O)CC1. The molecule has 1 aliphatic heterocycles. The summed E-state index contributed by atoms with van der Waals surface area (Å²) in [4.78, 5) is 14.4. The number of hydrogen-bond donors (Lipinski definition) is 0. The highest BCUT2D eigenvalue weighted by Gasteiger charge is 2.30. The van der Waals surface area contributed by atoms with Crippen LogP contribution in [0.5, 0.6) is 5.75 Å². The number of ether oxygens (including phenoxy) is 1. The van der Waals surface area contributed by atoms with Gasteiger partial charge in [-0.3, -0.25) is 4.79 Å². The van der Waals surface area contributed by atoms with Gasteiger partial charge in [-0.2, -0.15) is 0 Å². The van der Waals surface area contributed by atoms with Gasteiger partial charge in [0.25, 0.3) is 0 Å². The lowest BCUT2D eigenvalue weighted by molar-refractivity contribution is -0.135. The van der Waals surface area contributed by atoms with Gasteiger partial charge in [-0.15, -0.1) is 0 Å². The van der Waals surface area contributed by atoms with E-state index >= 15 is 0 Å². The van der Waals surface area contributed by atoms with E-state index in [-0.39, 0.29) is 11.8 Å². The zero-order valence-electron chi connectivity index (χ0n) is 14.8. The number of nitrogens with zero attached hydrogens (tertiary/aromatic N) is 2. The number of aryl methyl sites for hydroxylation is 1. The van der Waals surface area contributed by atoms with E-state index in [0.717, 1.165) is 16.9 Å². The van der Waals surface area contributed by atoms with E-state index in [9.17, 15) is 13.2 Å². The second kappa shape index (κ2) is 7.53. The smallest absolute Gasteiger partial charge is 0.225 e. The monoisotopic (exact) mass is 354 g/mol. The first-order chi connectivity index (χ1) is 11.2. The predicted octanol–water partition coefficient (Wildman–Crippen LogP) is 1.63. The summed E-state index contributed by atoms with van der Waals surface area (Å²) in [6.45, 7) is 3.31. The van der Waals surface area contributed by atoms with Gasteiger partial charge in [-0.1, -0.05) is 17.7 Å². The maximum atomic E-state index is 12.7. The van der Waals surface area contributed by atoms with Gasteiger partial charge in [-0.25, -0.2) is 12.7 Å². The molecule has 7 heteroatoms. The molecule has 6 nitrogen and oxygen atoms in total. The van der Waals surface area contributed by atoms with Crippen molar-refractivity contribution in [3.63, 3.8) is 0 Å². The van der Waals surface area contributed by atoms with Crippen LogP contribution in [0.4, 0.5) is 0 Å². The van der Waals surface area contributed by atoms with Crippen molar-refractivity contribution >= 4 is 15.9 Å². The number of carbonyl (C=O) groups excluding carboxylic acids is 1. The van der Waals surface area contributed by atoms with Gasteiger partial charge >= 0.3 is 0 Å². The van der Waals surface area contributed by atoms with Crippen LogP contribution >= 0.6 is 0 Å². The third kappa shape index (κ3) is 4.48. The van der Waals surface area contributed by atoms with Crippen molar-refractivity contribution in [2.75, 3.05) is 33.5 Å². The highest BCUT2D eigenvalue weighted by molar-refractivity contribution is 7.88. The summed E-state index contributed by atoms with van der Waals surface area (Å²) >= 11 is 0. The molecule has 1 aromatic rings. The lowest BCUT2D eigenvalue weighted by Gasteiger charge is -2.32. The molecule has 24 heavy (non-hydrogen) atoms. The van der Waals surface area contributed by atoms with Crippen LogP contribution in [-0.4, -0.2) is 57.0 Å². The molecule has 1 aliphatic rings. The topological polar surface area (TPSA) is 66.9 Å². The van der Waals surface area contributed by atoms with Gasteiger partial charge in [0.2, 0.25) is 15.9 Å². The van der Waals surface area contributed by atoms with E-state index in [1.54, 1.807) is 19.1 Å². The van der Waals surface area contributed by atoms with Gasteiger partial charge in [0.1, 0.15) is 5.75 Å². The zero-order chi connectivity index (χ0) is 17.9. The molecule has 134 valence electrons. The number of methoxy groups -OCH3 is 1. The molecule has 1 fully saturated rings. The van der Waals surface area contributed by atoms with Crippen molar-refractivity contribution in [1.29, 1.82) is 0 Å². The molecule has 1 aromatic carbocycles. The number of carbonyl (C=O) groups is 1. The Morgan fingerprint density at radius 3 is 2.50 bits per heavy atom. The molecule has 2 rings (SSSR count). The van der Waals surface area contributed by atoms with Gasteiger partial charge in [0, 0.05) is 38.2 Å². The van der Waals surface area contributed by atoms with Gasteiger partial charge < -0.3 is 9.64 Å². The highest BCUT2D eigenvalue weighted by atomic mass is 32.2. The molecular formula is C17H26N2O4S. The minimum Gasteiger partial charge on any atom is -0.496 e. The van der Waals surface area contributed by atoms with E-state index in [2.05, 4.69) is 0 Å². The van der Waals surface area contributed by atoms with E-state index in [1.807, 2.05) is 25.1 Å². The quantitative estimate of drug-likeness (QED) is 0.806. The van der Waals surface area contributed by atoms with Crippen LogP contribution in [0.25, 0.3) is 0 Å². The molecule has 1 saturated heterocycles. The summed E-state index contributed by atoms with van der Waals surface area (Å²) in [5.41, 5.74) is 2.09. The molecule has 0 N–H and O–H groups in total. The average molecular weight is 354 g/mol. The van der Waals surface area contributed by atoms with Crippen LogP contribution in [0.15, 0.2) is 18.2 Å². The van der Waals surface area contributed by atoms with Crippen molar-refractivity contribution in [1.82, 2.24) is 9.21 Å². The first-order valence-corrected chi connectivity index (χ1v) is 9.91. The average Bonchev–Trinajstić information content (AvgIpc) is 2.53. The number of piperidine rings is 1. The lowest BCUT2D eigenvalue weighted by atomic mass is 9.96. The fourth-order valence-corrected chi connectivity index (χ4v) is 3.98. The molecule has 0 unspecified atom stereocenters. The summed E-state index contributed by atoms with van der Waals surface area (Å²) in [6.07, 6.45) is 2.35. The number of rotatable bonds is 5. The standard InChI is InChI=1S/C17H26N2O4S/c1-13-5-6-16(23-3)15(11-13)12-18(2)17(20)14-7-9-19(10-8-14)24(4,21)22/h5-6,11,14H,7-10,12H2,1-4H3. The predicted molar refractivity (Wildman–Crippen MR) is 93.3 cm³/mol. The minimum absolute atomic E-state index is 0.0618. The van der Waals surface area contributed by atoms with Crippen molar-refractivity contribution in [3.8, 4) is 5.75 Å². The Kier molecular flexibility index (Phi) is 5.87. The maximum Gasteiger partial charge on any atom is 0.225 e. The second-order valence-electron chi connectivity index (χ2n) is 6.45. The Labute approximate surface area is 144 Å². The highest BCUT2D eigenvalue weighted by Crippen LogP contribution is 2.24. The third-order valence-electron chi connectivity index (χ3n) is 4.49. The van der Waals surface area contributed by atoms with Crippen LogP contribution in [0.1, 0.15) is 24.0 Å². The van der Waals surface area contributed by atoms with E-state index in [0.29, 0.717) is 32.5 Å². The number of sulfonamides is 1. The number of hydrogen-bond acceptors (Lipinski definition) is 4. The minimum atomic E-state index is -3.17. The van der Waals surface area contributed by atoms with Crippen molar-refractivity contribution in [2.24, 2.45) is 5.92 Å². The number of benzene rings is 1. The largest absolute Gasteiger partial charge is 0.496 e. The van der Waals surface area contributed by atoms with Gasteiger partial charge in [-0.05, 0) is 25.8 Å².